The Morgan fingerprint density at radius 3 is 2.69 bits per heavy atom. The Morgan fingerprint density at radius 1 is 1.56 bits per heavy atom. The van der Waals surface area contributed by atoms with Crippen LogP contribution in [0.4, 0.5) is 0 Å². The second-order valence-corrected chi connectivity index (χ2v) is 6.30. The average molecular weight is 304 g/mol. The molecule has 0 aromatic rings. The van der Waals surface area contributed by atoms with Gasteiger partial charge in [-0.15, -0.1) is 11.8 Å². The highest BCUT2D eigenvalue weighted by atomic mass is 35.6. The molecule has 4 nitrogen and oxygen atoms in total. The number of amides is 1. The lowest BCUT2D eigenvalue weighted by atomic mass is 10.4. The number of rotatable bonds is 1. The van der Waals surface area contributed by atoms with Gasteiger partial charge in [0.25, 0.3) is 5.91 Å². The molecular weight excluding hydrogens is 295 g/mol. The Morgan fingerprint density at radius 2 is 2.19 bits per heavy atom. The third kappa shape index (κ3) is 3.73. The number of ether oxygens (including phenoxy) is 1. The normalized spacial score (nSPS) is 16.8. The number of halogens is 3. The van der Waals surface area contributed by atoms with Crippen LogP contribution < -0.4 is 5.32 Å². The number of amidine groups is 1. The Labute approximate surface area is 112 Å². The second-order valence-electron chi connectivity index (χ2n) is 2.91. The van der Waals surface area contributed by atoms with Gasteiger partial charge in [0.05, 0.1) is 6.61 Å². The molecule has 1 aliphatic rings. The van der Waals surface area contributed by atoms with Gasteiger partial charge in [-0.05, 0) is 6.92 Å². The van der Waals surface area contributed by atoms with Gasteiger partial charge in [0.15, 0.2) is 5.84 Å². The first-order valence-electron chi connectivity index (χ1n) is 4.26. The van der Waals surface area contributed by atoms with Gasteiger partial charge in [-0.25, -0.2) is 0 Å². The van der Waals surface area contributed by atoms with Crippen molar-refractivity contribution in [1.29, 1.82) is 5.41 Å². The number of carbonyl (C=O) groups excluding carboxylic acids is 1. The summed E-state index contributed by atoms with van der Waals surface area (Å²) in [7, 11) is 0. The van der Waals surface area contributed by atoms with E-state index in [1.807, 2.05) is 0 Å². The van der Waals surface area contributed by atoms with Gasteiger partial charge in [0, 0.05) is 5.75 Å². The zero-order chi connectivity index (χ0) is 12.3. The van der Waals surface area contributed by atoms with Crippen molar-refractivity contribution in [3.63, 3.8) is 0 Å². The number of alkyl halides is 3. The molecule has 1 amide bonds. The number of allylic oxidation sites excluding steroid dienone is 1. The highest BCUT2D eigenvalue weighted by molar-refractivity contribution is 8.04. The first kappa shape index (κ1) is 14.0. The van der Waals surface area contributed by atoms with E-state index >= 15 is 0 Å². The molecule has 0 radical (unpaired) electrons. The Kier molecular flexibility index (Phi) is 4.79. The molecule has 16 heavy (non-hydrogen) atoms. The van der Waals surface area contributed by atoms with Crippen LogP contribution in [0.3, 0.4) is 0 Å². The summed E-state index contributed by atoms with van der Waals surface area (Å²) < 4.78 is 3.28. The number of carbonyl (C=O) groups is 1. The van der Waals surface area contributed by atoms with Crippen LogP contribution >= 0.6 is 46.6 Å². The molecule has 0 fully saturated rings. The van der Waals surface area contributed by atoms with Crippen LogP contribution in [0.2, 0.25) is 0 Å². The summed E-state index contributed by atoms with van der Waals surface area (Å²) in [6.45, 7) is 2.25. The summed E-state index contributed by atoms with van der Waals surface area (Å²) in [4.78, 5) is 12.1. The fraction of sp³-hybridized carbons (Fsp3) is 0.500. The molecule has 0 saturated carbocycles. The molecule has 8 heteroatoms. The summed E-state index contributed by atoms with van der Waals surface area (Å²) in [5.74, 6) is 0.236. The van der Waals surface area contributed by atoms with Crippen LogP contribution in [0.1, 0.15) is 6.92 Å². The summed E-state index contributed by atoms with van der Waals surface area (Å²) in [5, 5.41) is 9.56. The fourth-order valence-electron chi connectivity index (χ4n) is 0.972. The van der Waals surface area contributed by atoms with Crippen molar-refractivity contribution in [1.82, 2.24) is 5.32 Å². The monoisotopic (exact) mass is 302 g/mol. The number of nitrogens with one attached hydrogen (secondary N) is 2. The molecule has 1 heterocycles. The fourth-order valence-corrected chi connectivity index (χ4v) is 1.93. The molecule has 1 rings (SSSR count). The van der Waals surface area contributed by atoms with Crippen LogP contribution in [-0.2, 0) is 9.53 Å². The standard InChI is InChI=1S/C8H9Cl3N2O2S/c1-4-5(16-3-2-15-4)6(14)13-7(12)8(9,10)11/h2-3H2,1H3,(H2,12,13,14). The van der Waals surface area contributed by atoms with Gasteiger partial charge in [0.2, 0.25) is 3.79 Å². The maximum atomic E-state index is 11.7. The van der Waals surface area contributed by atoms with Gasteiger partial charge in [-0.2, -0.15) is 0 Å². The van der Waals surface area contributed by atoms with E-state index in [2.05, 4.69) is 5.32 Å². The smallest absolute Gasteiger partial charge is 0.266 e. The predicted octanol–water partition coefficient (Wildman–Crippen LogP) is 2.44. The molecule has 0 aromatic heterocycles. The van der Waals surface area contributed by atoms with Crippen molar-refractivity contribution < 1.29 is 9.53 Å². The summed E-state index contributed by atoms with van der Waals surface area (Å²) in [6.07, 6.45) is 0. The molecule has 2 N–H and O–H groups in total. The van der Waals surface area contributed by atoms with Gasteiger partial charge in [0.1, 0.15) is 10.7 Å². The van der Waals surface area contributed by atoms with E-state index < -0.39 is 15.5 Å². The second kappa shape index (κ2) is 5.49. The van der Waals surface area contributed by atoms with Crippen LogP contribution in [0.25, 0.3) is 0 Å². The van der Waals surface area contributed by atoms with Gasteiger partial charge < -0.3 is 10.1 Å². The van der Waals surface area contributed by atoms with Crippen LogP contribution in [0, 0.1) is 5.41 Å². The molecular formula is C8H9Cl3N2O2S. The Balaban J connectivity index is 2.69. The first-order valence-corrected chi connectivity index (χ1v) is 6.38. The molecule has 0 unspecified atom stereocenters. The van der Waals surface area contributed by atoms with Crippen LogP contribution in [-0.4, -0.2) is 27.9 Å². The molecule has 0 spiro atoms. The van der Waals surface area contributed by atoms with Crippen molar-refractivity contribution in [3.8, 4) is 0 Å². The third-order valence-electron chi connectivity index (χ3n) is 1.70. The van der Waals surface area contributed by atoms with E-state index in [1.54, 1.807) is 6.92 Å². The Hall–Kier alpha value is -0.100. The molecule has 90 valence electrons. The average Bonchev–Trinajstić information content (AvgIpc) is 2.16. The van der Waals surface area contributed by atoms with E-state index in [-0.39, 0.29) is 0 Å². The molecule has 0 bridgehead atoms. The van der Waals surface area contributed by atoms with E-state index in [0.717, 1.165) is 0 Å². The summed E-state index contributed by atoms with van der Waals surface area (Å²) in [5.41, 5.74) is 0. The predicted molar refractivity (Wildman–Crippen MR) is 67.3 cm³/mol. The minimum atomic E-state index is -1.93. The highest BCUT2D eigenvalue weighted by Crippen LogP contribution is 2.28. The summed E-state index contributed by atoms with van der Waals surface area (Å²) >= 11 is 17.7. The molecule has 0 aliphatic carbocycles. The molecule has 0 aromatic carbocycles. The zero-order valence-electron chi connectivity index (χ0n) is 8.27. The van der Waals surface area contributed by atoms with Crippen molar-refractivity contribution in [3.05, 3.63) is 10.7 Å². The Bertz CT molecular complexity index is 352. The lowest BCUT2D eigenvalue weighted by Gasteiger charge is -2.19. The van der Waals surface area contributed by atoms with Gasteiger partial charge in [-0.3, -0.25) is 10.2 Å². The van der Waals surface area contributed by atoms with Crippen LogP contribution in [0.5, 0.6) is 0 Å². The lowest BCUT2D eigenvalue weighted by molar-refractivity contribution is -0.115. The van der Waals surface area contributed by atoms with E-state index in [1.165, 1.54) is 11.8 Å². The third-order valence-corrected chi connectivity index (χ3v) is 3.40. The summed E-state index contributed by atoms with van der Waals surface area (Å²) in [6, 6.07) is 0. The number of thioether (sulfide) groups is 1. The lowest BCUT2D eigenvalue weighted by Crippen LogP contribution is -2.39. The quantitative estimate of drug-likeness (QED) is 0.444. The first-order chi connectivity index (χ1) is 7.32. The van der Waals surface area contributed by atoms with Crippen molar-refractivity contribution in [2.45, 2.75) is 10.7 Å². The van der Waals surface area contributed by atoms with Crippen molar-refractivity contribution >= 4 is 58.3 Å². The molecule has 1 aliphatic heterocycles. The minimum Gasteiger partial charge on any atom is -0.496 e. The molecule has 0 saturated heterocycles. The maximum absolute atomic E-state index is 11.7. The largest absolute Gasteiger partial charge is 0.496 e. The van der Waals surface area contributed by atoms with Gasteiger partial charge >= 0.3 is 0 Å². The van der Waals surface area contributed by atoms with E-state index in [0.29, 0.717) is 23.0 Å². The van der Waals surface area contributed by atoms with Crippen LogP contribution in [0.15, 0.2) is 10.7 Å². The maximum Gasteiger partial charge on any atom is 0.266 e. The van der Waals surface area contributed by atoms with E-state index in [4.69, 9.17) is 44.9 Å². The topological polar surface area (TPSA) is 62.2 Å². The van der Waals surface area contributed by atoms with Crippen molar-refractivity contribution in [2.24, 2.45) is 0 Å². The van der Waals surface area contributed by atoms with Crippen molar-refractivity contribution in [2.75, 3.05) is 12.4 Å². The number of hydrogen-bond donors (Lipinski definition) is 2. The minimum absolute atomic E-state index is 0.408. The number of hydrogen-bond acceptors (Lipinski definition) is 4. The van der Waals surface area contributed by atoms with Gasteiger partial charge in [-0.1, -0.05) is 34.8 Å². The molecule has 0 atom stereocenters. The highest BCUT2D eigenvalue weighted by Gasteiger charge is 2.30. The SMILES string of the molecule is CC1=C(C(=O)NC(=N)C(Cl)(Cl)Cl)SCCO1. The van der Waals surface area contributed by atoms with E-state index in [9.17, 15) is 4.79 Å². The zero-order valence-corrected chi connectivity index (χ0v) is 11.4.